The van der Waals surface area contributed by atoms with Crippen molar-refractivity contribution in [3.05, 3.63) is 78.2 Å². The standard InChI is InChI=1S/C23H22N2O5S2/c1-32(26,27)29-15-17-7-8-19-14-20(10-9-18(19)13-17)23-25-24-22(30-23)16-31-12-11-28-21-5-3-2-4-6-21/h2-10,13-14H,11-12,15-16H2,1H3. The molecule has 0 saturated carbocycles. The highest BCUT2D eigenvalue weighted by atomic mass is 32.2. The smallest absolute Gasteiger partial charge is 0.264 e. The lowest BCUT2D eigenvalue weighted by molar-refractivity contribution is 0.312. The van der Waals surface area contributed by atoms with E-state index in [4.69, 9.17) is 13.3 Å². The SMILES string of the molecule is CS(=O)(=O)OCc1ccc2cc(-c3nnc(CSCCOc4ccccc4)o3)ccc2c1. The molecule has 0 aliphatic carbocycles. The Morgan fingerprint density at radius 2 is 1.75 bits per heavy atom. The summed E-state index contributed by atoms with van der Waals surface area (Å²) in [7, 11) is -3.48. The number of fused-ring (bicyclic) bond motifs is 1. The summed E-state index contributed by atoms with van der Waals surface area (Å²) < 4.78 is 38.7. The number of hydrogen-bond acceptors (Lipinski definition) is 8. The summed E-state index contributed by atoms with van der Waals surface area (Å²) >= 11 is 1.67. The van der Waals surface area contributed by atoms with Crippen molar-refractivity contribution < 1.29 is 21.8 Å². The Kier molecular flexibility index (Phi) is 7.09. The Hall–Kier alpha value is -2.88. The van der Waals surface area contributed by atoms with Crippen molar-refractivity contribution >= 4 is 32.7 Å². The summed E-state index contributed by atoms with van der Waals surface area (Å²) in [4.78, 5) is 0. The van der Waals surface area contributed by atoms with E-state index in [-0.39, 0.29) is 6.61 Å². The molecule has 0 atom stereocenters. The number of aromatic nitrogens is 2. The summed E-state index contributed by atoms with van der Waals surface area (Å²) in [6.07, 6.45) is 1.04. The molecule has 4 rings (SSSR count). The molecule has 7 nitrogen and oxygen atoms in total. The Labute approximate surface area is 190 Å². The minimum atomic E-state index is -3.48. The molecular formula is C23H22N2O5S2. The molecule has 3 aromatic carbocycles. The van der Waals surface area contributed by atoms with Crippen LogP contribution in [0.25, 0.3) is 22.2 Å². The Morgan fingerprint density at radius 3 is 2.56 bits per heavy atom. The van der Waals surface area contributed by atoms with Gasteiger partial charge < -0.3 is 9.15 Å². The number of ether oxygens (including phenoxy) is 1. The summed E-state index contributed by atoms with van der Waals surface area (Å²) in [6, 6.07) is 21.2. The molecule has 0 spiro atoms. The molecule has 9 heteroatoms. The lowest BCUT2D eigenvalue weighted by atomic mass is 10.0. The van der Waals surface area contributed by atoms with E-state index in [1.54, 1.807) is 11.8 Å². The zero-order chi connectivity index (χ0) is 22.4. The van der Waals surface area contributed by atoms with Crippen LogP contribution in [0.1, 0.15) is 11.5 Å². The van der Waals surface area contributed by atoms with Gasteiger partial charge in [0.15, 0.2) is 0 Å². The zero-order valence-corrected chi connectivity index (χ0v) is 19.1. The molecule has 1 aromatic heterocycles. The predicted molar refractivity (Wildman–Crippen MR) is 125 cm³/mol. The van der Waals surface area contributed by atoms with E-state index in [2.05, 4.69) is 10.2 Å². The highest BCUT2D eigenvalue weighted by Crippen LogP contribution is 2.25. The fraction of sp³-hybridized carbons (Fsp3) is 0.217. The average Bonchev–Trinajstić information content (AvgIpc) is 3.26. The normalized spacial score (nSPS) is 11.7. The summed E-state index contributed by atoms with van der Waals surface area (Å²) in [5, 5.41) is 10.3. The molecule has 0 aliphatic heterocycles. The van der Waals surface area contributed by atoms with Crippen LogP contribution in [-0.4, -0.2) is 37.2 Å². The lowest BCUT2D eigenvalue weighted by Crippen LogP contribution is -2.02. The van der Waals surface area contributed by atoms with Crippen LogP contribution in [0.3, 0.4) is 0 Å². The minimum absolute atomic E-state index is 0.0115. The first kappa shape index (κ1) is 22.3. The molecule has 4 aromatic rings. The fourth-order valence-electron chi connectivity index (χ4n) is 3.02. The van der Waals surface area contributed by atoms with E-state index in [0.717, 1.165) is 39.7 Å². The lowest BCUT2D eigenvalue weighted by Gasteiger charge is -2.05. The van der Waals surface area contributed by atoms with Gasteiger partial charge in [-0.25, -0.2) is 0 Å². The van der Waals surface area contributed by atoms with E-state index in [0.29, 0.717) is 24.1 Å². The second-order valence-corrected chi connectivity index (χ2v) is 9.83. The van der Waals surface area contributed by atoms with Crippen molar-refractivity contribution in [2.75, 3.05) is 18.6 Å². The largest absolute Gasteiger partial charge is 0.493 e. The molecule has 166 valence electrons. The summed E-state index contributed by atoms with van der Waals surface area (Å²) in [5.41, 5.74) is 1.61. The van der Waals surface area contributed by atoms with Crippen molar-refractivity contribution in [1.82, 2.24) is 10.2 Å². The highest BCUT2D eigenvalue weighted by Gasteiger charge is 2.10. The minimum Gasteiger partial charge on any atom is -0.493 e. The maximum Gasteiger partial charge on any atom is 0.264 e. The van der Waals surface area contributed by atoms with Crippen molar-refractivity contribution in [2.45, 2.75) is 12.4 Å². The molecule has 0 N–H and O–H groups in total. The van der Waals surface area contributed by atoms with Crippen LogP contribution in [0.5, 0.6) is 5.75 Å². The van der Waals surface area contributed by atoms with Gasteiger partial charge in [-0.05, 0) is 46.7 Å². The molecular weight excluding hydrogens is 448 g/mol. The number of nitrogens with zero attached hydrogens (tertiary/aromatic N) is 2. The Morgan fingerprint density at radius 1 is 0.969 bits per heavy atom. The zero-order valence-electron chi connectivity index (χ0n) is 17.4. The van der Waals surface area contributed by atoms with Crippen LogP contribution < -0.4 is 4.74 Å². The van der Waals surface area contributed by atoms with E-state index < -0.39 is 10.1 Å². The molecule has 0 aliphatic rings. The van der Waals surface area contributed by atoms with Gasteiger partial charge in [-0.2, -0.15) is 8.42 Å². The number of hydrogen-bond donors (Lipinski definition) is 0. The van der Waals surface area contributed by atoms with Crippen LogP contribution in [0.15, 0.2) is 71.1 Å². The van der Waals surface area contributed by atoms with Gasteiger partial charge in [-0.1, -0.05) is 36.4 Å². The average molecular weight is 471 g/mol. The van der Waals surface area contributed by atoms with Gasteiger partial charge in [-0.3, -0.25) is 4.18 Å². The topological polar surface area (TPSA) is 91.5 Å². The van der Waals surface area contributed by atoms with E-state index in [1.165, 1.54) is 0 Å². The van der Waals surface area contributed by atoms with Crippen molar-refractivity contribution in [3.63, 3.8) is 0 Å². The molecule has 0 bridgehead atoms. The van der Waals surface area contributed by atoms with Crippen LogP contribution in [0.2, 0.25) is 0 Å². The fourth-order valence-corrected chi connectivity index (χ4v) is 4.00. The first-order valence-electron chi connectivity index (χ1n) is 9.92. The van der Waals surface area contributed by atoms with Gasteiger partial charge in [0.2, 0.25) is 11.8 Å². The molecule has 0 amide bonds. The third-order valence-electron chi connectivity index (χ3n) is 4.52. The van der Waals surface area contributed by atoms with Gasteiger partial charge in [0.25, 0.3) is 10.1 Å². The maximum absolute atomic E-state index is 11.2. The van der Waals surface area contributed by atoms with Crippen molar-refractivity contribution in [3.8, 4) is 17.2 Å². The second kappa shape index (κ2) is 10.2. The van der Waals surface area contributed by atoms with Crippen molar-refractivity contribution in [1.29, 1.82) is 0 Å². The first-order chi connectivity index (χ1) is 15.5. The second-order valence-electron chi connectivity index (χ2n) is 7.08. The maximum atomic E-state index is 11.2. The van der Waals surface area contributed by atoms with Crippen LogP contribution in [0, 0.1) is 0 Å². The van der Waals surface area contributed by atoms with Gasteiger partial charge in [-0.15, -0.1) is 22.0 Å². The molecule has 0 fully saturated rings. The summed E-state index contributed by atoms with van der Waals surface area (Å²) in [6.45, 7) is 0.620. The molecule has 32 heavy (non-hydrogen) atoms. The summed E-state index contributed by atoms with van der Waals surface area (Å²) in [5.74, 6) is 3.32. The van der Waals surface area contributed by atoms with Gasteiger partial charge in [0, 0.05) is 11.3 Å². The number of thioether (sulfide) groups is 1. The molecule has 0 unspecified atom stereocenters. The molecule has 0 saturated heterocycles. The Balaban J connectivity index is 1.33. The molecule has 0 radical (unpaired) electrons. The number of rotatable bonds is 10. The van der Waals surface area contributed by atoms with Gasteiger partial charge in [0.1, 0.15) is 5.75 Å². The number of benzene rings is 3. The van der Waals surface area contributed by atoms with Crippen LogP contribution >= 0.6 is 11.8 Å². The Bertz CT molecular complexity index is 1290. The highest BCUT2D eigenvalue weighted by molar-refractivity contribution is 7.98. The van der Waals surface area contributed by atoms with Gasteiger partial charge >= 0.3 is 0 Å². The van der Waals surface area contributed by atoms with Crippen molar-refractivity contribution in [2.24, 2.45) is 0 Å². The predicted octanol–water partition coefficient (Wildman–Crippen LogP) is 4.68. The monoisotopic (exact) mass is 470 g/mol. The molecule has 1 heterocycles. The van der Waals surface area contributed by atoms with Crippen LogP contribution in [-0.2, 0) is 26.7 Å². The third kappa shape index (κ3) is 6.32. The number of para-hydroxylation sites is 1. The van der Waals surface area contributed by atoms with Crippen LogP contribution in [0.4, 0.5) is 0 Å². The van der Waals surface area contributed by atoms with E-state index in [9.17, 15) is 8.42 Å². The quantitative estimate of drug-likeness (QED) is 0.244. The van der Waals surface area contributed by atoms with E-state index >= 15 is 0 Å². The van der Waals surface area contributed by atoms with E-state index in [1.807, 2.05) is 66.7 Å². The van der Waals surface area contributed by atoms with Gasteiger partial charge in [0.05, 0.1) is 25.2 Å². The third-order valence-corrected chi connectivity index (χ3v) is 5.98. The first-order valence-corrected chi connectivity index (χ1v) is 12.9.